The Bertz CT molecular complexity index is 394. The Kier molecular flexibility index (Phi) is 10.00. The number of hydrogen-bond acceptors (Lipinski definition) is 6. The molecule has 0 aliphatic rings. The Hall–Kier alpha value is -1.80. The molecule has 23 heavy (non-hydrogen) atoms. The fraction of sp³-hybridized carbons (Fsp3) is 0.786. The quantitative estimate of drug-likeness (QED) is 0.345. The number of esters is 3. The van der Waals surface area contributed by atoms with Crippen LogP contribution < -0.4 is 0 Å². The van der Waals surface area contributed by atoms with Crippen LogP contribution in [0.2, 0.25) is 0 Å². The van der Waals surface area contributed by atoms with Crippen molar-refractivity contribution in [1.29, 1.82) is 0 Å². The van der Waals surface area contributed by atoms with Gasteiger partial charge in [0.2, 0.25) is 0 Å². The van der Waals surface area contributed by atoms with Gasteiger partial charge in [-0.2, -0.15) is 13.2 Å². The molecular weight excluding hydrogens is 321 g/mol. The van der Waals surface area contributed by atoms with Crippen LogP contribution in [-0.4, -0.2) is 43.9 Å². The van der Waals surface area contributed by atoms with E-state index in [-0.39, 0.29) is 32.0 Å². The van der Waals surface area contributed by atoms with Crippen molar-refractivity contribution in [2.75, 3.05) is 19.8 Å². The van der Waals surface area contributed by atoms with Crippen LogP contribution in [0.5, 0.6) is 0 Å². The van der Waals surface area contributed by atoms with Gasteiger partial charge in [-0.1, -0.05) is 13.8 Å². The van der Waals surface area contributed by atoms with E-state index in [2.05, 4.69) is 4.74 Å². The third kappa shape index (κ3) is 12.4. The van der Waals surface area contributed by atoms with Gasteiger partial charge in [-0.25, -0.2) is 0 Å². The van der Waals surface area contributed by atoms with Gasteiger partial charge in [0.05, 0.1) is 31.8 Å². The number of hydrogen-bond donors (Lipinski definition) is 0. The smallest absolute Gasteiger partial charge is 0.392 e. The van der Waals surface area contributed by atoms with Crippen LogP contribution >= 0.6 is 0 Å². The van der Waals surface area contributed by atoms with Crippen LogP contribution in [0.3, 0.4) is 0 Å². The van der Waals surface area contributed by atoms with Crippen molar-refractivity contribution < 1.29 is 41.8 Å². The molecule has 0 saturated carbocycles. The van der Waals surface area contributed by atoms with E-state index >= 15 is 0 Å². The molecule has 0 bridgehead atoms. The van der Waals surface area contributed by atoms with Crippen LogP contribution in [0.4, 0.5) is 13.2 Å². The van der Waals surface area contributed by atoms with Gasteiger partial charge in [0.1, 0.15) is 13.2 Å². The standard InChI is InChI=1S/C14H21F3O6/c1-3-10(2)13(20)23-9-8-22-12(19)5-4-11(18)21-7-6-14(15,16)17/h10H,3-9H2,1-2H3. The maximum Gasteiger partial charge on any atom is 0.392 e. The third-order valence-electron chi connectivity index (χ3n) is 2.79. The number of carbonyl (C=O) groups is 3. The first-order valence-corrected chi connectivity index (χ1v) is 7.20. The predicted octanol–water partition coefficient (Wildman–Crippen LogP) is 2.39. The topological polar surface area (TPSA) is 78.9 Å². The summed E-state index contributed by atoms with van der Waals surface area (Å²) in [7, 11) is 0. The molecule has 0 saturated heterocycles. The number of ether oxygens (including phenoxy) is 3. The lowest BCUT2D eigenvalue weighted by Gasteiger charge is -2.10. The molecule has 0 aromatic rings. The van der Waals surface area contributed by atoms with Gasteiger partial charge in [-0.05, 0) is 6.42 Å². The van der Waals surface area contributed by atoms with Crippen molar-refractivity contribution in [3.63, 3.8) is 0 Å². The van der Waals surface area contributed by atoms with E-state index in [1.807, 2.05) is 6.92 Å². The van der Waals surface area contributed by atoms with Crippen LogP contribution in [0, 0.1) is 5.92 Å². The molecule has 0 aliphatic carbocycles. The third-order valence-corrected chi connectivity index (χ3v) is 2.79. The largest absolute Gasteiger partial charge is 0.465 e. The maximum absolute atomic E-state index is 11.8. The number of carbonyl (C=O) groups excluding carboxylic acids is 3. The normalized spacial score (nSPS) is 12.4. The van der Waals surface area contributed by atoms with E-state index in [1.165, 1.54) is 0 Å². The molecule has 0 aromatic heterocycles. The van der Waals surface area contributed by atoms with Crippen molar-refractivity contribution in [1.82, 2.24) is 0 Å². The van der Waals surface area contributed by atoms with E-state index in [0.29, 0.717) is 6.42 Å². The second-order valence-electron chi connectivity index (χ2n) is 4.78. The van der Waals surface area contributed by atoms with E-state index in [0.717, 1.165) is 0 Å². The molecule has 1 unspecified atom stereocenters. The molecular formula is C14H21F3O6. The van der Waals surface area contributed by atoms with E-state index in [1.54, 1.807) is 6.92 Å². The highest BCUT2D eigenvalue weighted by atomic mass is 19.4. The molecule has 9 heteroatoms. The van der Waals surface area contributed by atoms with Gasteiger partial charge >= 0.3 is 24.1 Å². The molecule has 0 spiro atoms. The van der Waals surface area contributed by atoms with Gasteiger partial charge < -0.3 is 14.2 Å². The highest BCUT2D eigenvalue weighted by molar-refractivity contribution is 5.77. The summed E-state index contributed by atoms with van der Waals surface area (Å²) in [6.07, 6.45) is -5.68. The van der Waals surface area contributed by atoms with Crippen molar-refractivity contribution in [2.24, 2.45) is 5.92 Å². The molecule has 134 valence electrons. The maximum atomic E-state index is 11.8. The van der Waals surface area contributed by atoms with Crippen LogP contribution in [0.1, 0.15) is 39.5 Å². The zero-order valence-electron chi connectivity index (χ0n) is 13.1. The van der Waals surface area contributed by atoms with Crippen molar-refractivity contribution >= 4 is 17.9 Å². The number of rotatable bonds is 10. The summed E-state index contributed by atoms with van der Waals surface area (Å²) >= 11 is 0. The molecule has 0 N–H and O–H groups in total. The molecule has 0 radical (unpaired) electrons. The average molecular weight is 342 g/mol. The Morgan fingerprint density at radius 3 is 1.87 bits per heavy atom. The lowest BCUT2D eigenvalue weighted by atomic mass is 10.1. The van der Waals surface area contributed by atoms with E-state index < -0.39 is 37.1 Å². The van der Waals surface area contributed by atoms with Gasteiger partial charge in [0.15, 0.2) is 0 Å². The van der Waals surface area contributed by atoms with Crippen LogP contribution in [-0.2, 0) is 28.6 Å². The second-order valence-corrected chi connectivity index (χ2v) is 4.78. The Labute approximate surface area is 132 Å². The highest BCUT2D eigenvalue weighted by Gasteiger charge is 2.27. The summed E-state index contributed by atoms with van der Waals surface area (Å²) in [6.45, 7) is 2.52. The summed E-state index contributed by atoms with van der Waals surface area (Å²) in [5.41, 5.74) is 0. The summed E-state index contributed by atoms with van der Waals surface area (Å²) < 4.78 is 49.3. The SMILES string of the molecule is CCC(C)C(=O)OCCOC(=O)CCC(=O)OCCC(F)(F)F. The van der Waals surface area contributed by atoms with Crippen LogP contribution in [0.15, 0.2) is 0 Å². The van der Waals surface area contributed by atoms with E-state index in [9.17, 15) is 27.6 Å². The highest BCUT2D eigenvalue weighted by Crippen LogP contribution is 2.19. The molecule has 0 aromatic carbocycles. The number of alkyl halides is 3. The minimum Gasteiger partial charge on any atom is -0.465 e. The molecule has 0 heterocycles. The molecule has 0 fully saturated rings. The van der Waals surface area contributed by atoms with Crippen molar-refractivity contribution in [2.45, 2.75) is 45.7 Å². The van der Waals surface area contributed by atoms with Gasteiger partial charge in [-0.15, -0.1) is 0 Å². The number of halogens is 3. The first-order chi connectivity index (χ1) is 10.7. The minimum absolute atomic E-state index is 0.0923. The van der Waals surface area contributed by atoms with Crippen LogP contribution in [0.25, 0.3) is 0 Å². The Balaban J connectivity index is 3.67. The average Bonchev–Trinajstić information content (AvgIpc) is 2.47. The fourth-order valence-corrected chi connectivity index (χ4v) is 1.24. The van der Waals surface area contributed by atoms with Gasteiger partial charge in [0, 0.05) is 0 Å². The summed E-state index contributed by atoms with van der Waals surface area (Å²) in [6, 6.07) is 0. The fourth-order valence-electron chi connectivity index (χ4n) is 1.24. The summed E-state index contributed by atoms with van der Waals surface area (Å²) in [5, 5.41) is 0. The molecule has 6 nitrogen and oxygen atoms in total. The Morgan fingerprint density at radius 2 is 1.39 bits per heavy atom. The van der Waals surface area contributed by atoms with Gasteiger partial charge in [-0.3, -0.25) is 14.4 Å². The van der Waals surface area contributed by atoms with Gasteiger partial charge in [0.25, 0.3) is 0 Å². The van der Waals surface area contributed by atoms with E-state index in [4.69, 9.17) is 9.47 Å². The lowest BCUT2D eigenvalue weighted by molar-refractivity contribution is -0.161. The zero-order valence-corrected chi connectivity index (χ0v) is 13.1. The molecule has 0 rings (SSSR count). The lowest BCUT2D eigenvalue weighted by Crippen LogP contribution is -2.19. The first kappa shape index (κ1) is 21.2. The minimum atomic E-state index is -4.40. The Morgan fingerprint density at radius 1 is 0.913 bits per heavy atom. The monoisotopic (exact) mass is 342 g/mol. The molecule has 0 amide bonds. The van der Waals surface area contributed by atoms with Crippen molar-refractivity contribution in [3.05, 3.63) is 0 Å². The molecule has 0 aliphatic heterocycles. The zero-order chi connectivity index (χ0) is 17.9. The summed E-state index contributed by atoms with van der Waals surface area (Å²) in [5.74, 6) is -2.26. The second kappa shape index (κ2) is 10.8. The van der Waals surface area contributed by atoms with Crippen molar-refractivity contribution in [3.8, 4) is 0 Å². The predicted molar refractivity (Wildman–Crippen MR) is 72.2 cm³/mol. The summed E-state index contributed by atoms with van der Waals surface area (Å²) in [4.78, 5) is 33.7. The first-order valence-electron chi connectivity index (χ1n) is 7.20. The molecule has 1 atom stereocenters.